The molecule has 0 aromatic rings. The van der Waals surface area contributed by atoms with Crippen LogP contribution in [0, 0.1) is 40.4 Å². The lowest BCUT2D eigenvalue weighted by Gasteiger charge is -2.63. The van der Waals surface area contributed by atoms with E-state index in [1.165, 1.54) is 167 Å². The highest BCUT2D eigenvalue weighted by molar-refractivity contribution is 6.16. The molecule has 4 aliphatic rings. The monoisotopic (exact) mass is 577 g/mol. The van der Waals surface area contributed by atoms with Gasteiger partial charge < -0.3 is 0 Å². The van der Waals surface area contributed by atoms with E-state index < -0.39 is 0 Å². The first-order valence-corrected chi connectivity index (χ1v) is 19.7. The first-order chi connectivity index (χ1) is 20.3. The molecule has 1 heteroatoms. The summed E-state index contributed by atoms with van der Waals surface area (Å²) in [6.45, 7) is 12.7. The number of unbranched alkanes of at least 4 members (excludes halogenated alkanes) is 16. The molecular weight excluding hydrogens is 503 g/mol. The summed E-state index contributed by atoms with van der Waals surface area (Å²) in [4.78, 5) is 0. The highest BCUT2D eigenvalue weighted by Crippen LogP contribution is 2.75. The van der Waals surface area contributed by atoms with Crippen molar-refractivity contribution in [1.82, 2.24) is 0 Å². The van der Waals surface area contributed by atoms with E-state index in [1.54, 1.807) is 0 Å². The molecule has 0 spiro atoms. The van der Waals surface area contributed by atoms with E-state index in [1.807, 2.05) is 5.57 Å². The van der Waals surface area contributed by atoms with Gasteiger partial charge in [0, 0.05) is 0 Å². The van der Waals surface area contributed by atoms with E-state index in [2.05, 4.69) is 40.7 Å². The van der Waals surface area contributed by atoms with Crippen LogP contribution in [0.1, 0.15) is 202 Å². The van der Waals surface area contributed by atoms with E-state index in [4.69, 9.17) is 7.85 Å². The molecule has 8 atom stereocenters. The maximum atomic E-state index is 7.66. The summed E-state index contributed by atoms with van der Waals surface area (Å²) in [5.41, 5.74) is 2.61. The molecule has 3 saturated carbocycles. The standard InChI is InChI=1S/C41H73B/c1-6-7-8-9-10-11-12-13-14-15-16-17-18-19-20-21-22-23-34(3)36-28-31-41(42)38-25-24-35-32-33(2)26-29-39(35,4)37(38)27-30-40(36,41)5/h24,33-34,36-38H,6-23,25-32H2,1-5H3/t33?,34-,36-,37+,38?,39?,40?,41-/m1/s1. The molecule has 4 aliphatic carbocycles. The fourth-order valence-electron chi connectivity index (χ4n) is 11.3. The molecule has 0 heterocycles. The van der Waals surface area contributed by atoms with Crippen molar-refractivity contribution in [2.24, 2.45) is 40.4 Å². The van der Waals surface area contributed by atoms with Crippen LogP contribution < -0.4 is 0 Å². The van der Waals surface area contributed by atoms with Crippen molar-refractivity contribution in [3.8, 4) is 0 Å². The van der Waals surface area contributed by atoms with Gasteiger partial charge in [-0.2, -0.15) is 0 Å². The molecular formula is C41H73B. The second kappa shape index (κ2) is 16.4. The van der Waals surface area contributed by atoms with Gasteiger partial charge in [-0.1, -0.05) is 174 Å². The Bertz CT molecular complexity index is 814. The Labute approximate surface area is 266 Å². The number of rotatable bonds is 19. The Kier molecular flexibility index (Phi) is 13.5. The van der Waals surface area contributed by atoms with E-state index in [9.17, 15) is 0 Å². The predicted octanol–water partition coefficient (Wildman–Crippen LogP) is 13.6. The van der Waals surface area contributed by atoms with Crippen molar-refractivity contribution in [3.63, 3.8) is 0 Å². The third-order valence-electron chi connectivity index (χ3n) is 14.2. The zero-order valence-corrected chi connectivity index (χ0v) is 29.4. The number of fused-ring (bicyclic) bond motifs is 5. The summed E-state index contributed by atoms with van der Waals surface area (Å²) in [6, 6.07) is 0. The summed E-state index contributed by atoms with van der Waals surface area (Å²) in [6.07, 6.45) is 40.0. The van der Waals surface area contributed by atoms with Crippen LogP contribution in [0.5, 0.6) is 0 Å². The topological polar surface area (TPSA) is 0 Å². The van der Waals surface area contributed by atoms with Crippen molar-refractivity contribution in [3.05, 3.63) is 11.6 Å². The minimum Gasteiger partial charge on any atom is -0.0845 e. The number of hydrogen-bond acceptors (Lipinski definition) is 0. The molecule has 0 aromatic heterocycles. The lowest BCUT2D eigenvalue weighted by molar-refractivity contribution is -0.0418. The number of allylic oxidation sites excluding steroid dienone is 2. The van der Waals surface area contributed by atoms with Gasteiger partial charge in [-0.15, -0.1) is 0 Å². The van der Waals surface area contributed by atoms with E-state index in [-0.39, 0.29) is 5.31 Å². The van der Waals surface area contributed by atoms with Crippen molar-refractivity contribution >= 4 is 7.85 Å². The maximum absolute atomic E-state index is 7.66. The van der Waals surface area contributed by atoms with Crippen LogP contribution in [0.3, 0.4) is 0 Å². The SMILES string of the molecule is [B][C@@]12CC[C@H]([C@H](C)CCCCCCCCCCCCCCCCCCC)C1(C)CC[C@H]1C2CC=C2CC(C)CCC21C. The van der Waals surface area contributed by atoms with Crippen molar-refractivity contribution in [1.29, 1.82) is 0 Å². The summed E-state index contributed by atoms with van der Waals surface area (Å²) < 4.78 is 0. The average molecular weight is 577 g/mol. The van der Waals surface area contributed by atoms with Crippen molar-refractivity contribution < 1.29 is 0 Å². The van der Waals surface area contributed by atoms with Gasteiger partial charge in [0.25, 0.3) is 0 Å². The summed E-state index contributed by atoms with van der Waals surface area (Å²) >= 11 is 0. The molecule has 42 heavy (non-hydrogen) atoms. The zero-order valence-electron chi connectivity index (χ0n) is 29.4. The third kappa shape index (κ3) is 7.95. The van der Waals surface area contributed by atoms with Crippen molar-refractivity contribution in [2.75, 3.05) is 0 Å². The minimum atomic E-state index is 0.0667. The van der Waals surface area contributed by atoms with Gasteiger partial charge in [0.15, 0.2) is 0 Å². The molecule has 240 valence electrons. The van der Waals surface area contributed by atoms with Crippen LogP contribution >= 0.6 is 0 Å². The molecule has 0 saturated heterocycles. The lowest BCUT2D eigenvalue weighted by atomic mass is 9.36. The molecule has 4 unspecified atom stereocenters. The Morgan fingerprint density at radius 3 is 1.83 bits per heavy atom. The van der Waals surface area contributed by atoms with E-state index >= 15 is 0 Å². The Morgan fingerprint density at radius 2 is 1.26 bits per heavy atom. The van der Waals surface area contributed by atoms with Gasteiger partial charge in [-0.05, 0) is 85.4 Å². The van der Waals surface area contributed by atoms with Crippen LogP contribution in [0.15, 0.2) is 11.6 Å². The molecule has 0 N–H and O–H groups in total. The molecule has 0 aliphatic heterocycles. The van der Waals surface area contributed by atoms with Crippen molar-refractivity contribution in [2.45, 2.75) is 207 Å². The van der Waals surface area contributed by atoms with Gasteiger partial charge in [0.05, 0.1) is 7.85 Å². The smallest absolute Gasteiger partial charge is 0.0757 e. The zero-order chi connectivity index (χ0) is 30.1. The normalized spacial score (nSPS) is 36.6. The fraction of sp³-hybridized carbons (Fsp3) is 0.951. The van der Waals surface area contributed by atoms with Crippen LogP contribution in [0.25, 0.3) is 0 Å². The van der Waals surface area contributed by atoms with Gasteiger partial charge in [0.2, 0.25) is 0 Å². The van der Waals surface area contributed by atoms with E-state index in [0.29, 0.717) is 10.8 Å². The van der Waals surface area contributed by atoms with Crippen LogP contribution in [0.2, 0.25) is 5.31 Å². The Morgan fingerprint density at radius 1 is 0.714 bits per heavy atom. The largest absolute Gasteiger partial charge is 0.0845 e. The summed E-state index contributed by atoms with van der Waals surface area (Å²) in [5, 5.41) is 0.0667. The van der Waals surface area contributed by atoms with Gasteiger partial charge in [0.1, 0.15) is 0 Å². The molecule has 0 nitrogen and oxygen atoms in total. The molecule has 0 amide bonds. The number of hydrogen-bond donors (Lipinski definition) is 0. The Hall–Kier alpha value is -0.195. The third-order valence-corrected chi connectivity index (χ3v) is 14.2. The quantitative estimate of drug-likeness (QED) is 0.0815. The highest BCUT2D eigenvalue weighted by atomic mass is 14.7. The van der Waals surface area contributed by atoms with Crippen LogP contribution in [-0.4, -0.2) is 7.85 Å². The first kappa shape index (κ1) is 34.7. The summed E-state index contributed by atoms with van der Waals surface area (Å²) in [5.74, 6) is 4.12. The average Bonchev–Trinajstić information content (AvgIpc) is 3.26. The maximum Gasteiger partial charge on any atom is 0.0757 e. The molecule has 3 fully saturated rings. The summed E-state index contributed by atoms with van der Waals surface area (Å²) in [7, 11) is 7.66. The molecule has 0 aromatic carbocycles. The first-order valence-electron chi connectivity index (χ1n) is 19.7. The molecule has 0 bridgehead atoms. The minimum absolute atomic E-state index is 0.0667. The Balaban J connectivity index is 1.08. The molecule has 4 rings (SSSR count). The van der Waals surface area contributed by atoms with E-state index in [0.717, 1.165) is 29.6 Å². The second-order valence-electron chi connectivity index (χ2n) is 17.0. The van der Waals surface area contributed by atoms with Gasteiger partial charge in [-0.25, -0.2) is 0 Å². The highest BCUT2D eigenvalue weighted by Gasteiger charge is 2.64. The fourth-order valence-corrected chi connectivity index (χ4v) is 11.3. The lowest BCUT2D eigenvalue weighted by Crippen LogP contribution is -2.53. The van der Waals surface area contributed by atoms with Crippen LogP contribution in [-0.2, 0) is 0 Å². The molecule has 2 radical (unpaired) electrons. The second-order valence-corrected chi connectivity index (χ2v) is 17.0. The van der Waals surface area contributed by atoms with Gasteiger partial charge >= 0.3 is 0 Å². The van der Waals surface area contributed by atoms with Gasteiger partial charge in [-0.3, -0.25) is 0 Å². The van der Waals surface area contributed by atoms with Crippen LogP contribution in [0.4, 0.5) is 0 Å². The predicted molar refractivity (Wildman–Crippen MR) is 187 cm³/mol.